The van der Waals surface area contributed by atoms with Crippen LogP contribution in [0.5, 0.6) is 0 Å². The van der Waals surface area contributed by atoms with Gasteiger partial charge in [-0.3, -0.25) is 15.5 Å². The highest BCUT2D eigenvalue weighted by molar-refractivity contribution is 5.97. The first-order valence-corrected chi connectivity index (χ1v) is 3.41. The summed E-state index contributed by atoms with van der Waals surface area (Å²) < 4.78 is 4.60. The SMILES string of the molecule is Cc1cc(NO)c(C(N)=O)c(=O)o1. The van der Waals surface area contributed by atoms with E-state index in [1.807, 2.05) is 0 Å². The van der Waals surface area contributed by atoms with Gasteiger partial charge >= 0.3 is 5.63 Å². The van der Waals surface area contributed by atoms with Crippen LogP contribution in [0.4, 0.5) is 5.69 Å². The fourth-order valence-electron chi connectivity index (χ4n) is 0.934. The van der Waals surface area contributed by atoms with Gasteiger partial charge in [0, 0.05) is 6.07 Å². The Morgan fingerprint density at radius 1 is 1.69 bits per heavy atom. The summed E-state index contributed by atoms with van der Waals surface area (Å²) >= 11 is 0. The van der Waals surface area contributed by atoms with Crippen molar-refractivity contribution in [2.45, 2.75) is 6.92 Å². The molecule has 70 valence electrons. The van der Waals surface area contributed by atoms with Crippen molar-refractivity contribution >= 4 is 11.6 Å². The molecule has 1 amide bonds. The summed E-state index contributed by atoms with van der Waals surface area (Å²) in [4.78, 5) is 21.8. The van der Waals surface area contributed by atoms with E-state index in [1.165, 1.54) is 13.0 Å². The Bertz CT molecular complexity index is 396. The lowest BCUT2D eigenvalue weighted by molar-refractivity contribution is 0.0996. The van der Waals surface area contributed by atoms with Gasteiger partial charge in [-0.1, -0.05) is 0 Å². The van der Waals surface area contributed by atoms with Gasteiger partial charge in [-0.15, -0.1) is 0 Å². The first kappa shape index (κ1) is 9.27. The first-order valence-electron chi connectivity index (χ1n) is 3.41. The number of rotatable bonds is 2. The number of nitrogens with two attached hydrogens (primary N) is 1. The number of carbonyl (C=O) groups is 1. The molecular weight excluding hydrogens is 176 g/mol. The Morgan fingerprint density at radius 3 is 2.77 bits per heavy atom. The molecule has 1 rings (SSSR count). The number of hydrogen-bond acceptors (Lipinski definition) is 5. The molecule has 0 saturated carbocycles. The van der Waals surface area contributed by atoms with Gasteiger partial charge in [0.1, 0.15) is 11.3 Å². The first-order chi connectivity index (χ1) is 6.06. The second kappa shape index (κ2) is 3.28. The van der Waals surface area contributed by atoms with Gasteiger partial charge in [-0.05, 0) is 6.92 Å². The Kier molecular flexibility index (Phi) is 2.34. The zero-order valence-corrected chi connectivity index (χ0v) is 6.83. The second-order valence-corrected chi connectivity index (χ2v) is 2.41. The minimum atomic E-state index is -0.953. The van der Waals surface area contributed by atoms with Crippen molar-refractivity contribution < 1.29 is 14.4 Å². The zero-order chi connectivity index (χ0) is 10.0. The summed E-state index contributed by atoms with van der Waals surface area (Å²) in [5, 5.41) is 8.58. The number of carbonyl (C=O) groups excluding carboxylic acids is 1. The van der Waals surface area contributed by atoms with Crippen LogP contribution in [-0.4, -0.2) is 11.1 Å². The average molecular weight is 184 g/mol. The number of amides is 1. The van der Waals surface area contributed by atoms with E-state index in [-0.39, 0.29) is 11.4 Å². The Balaban J connectivity index is 3.48. The molecule has 6 heteroatoms. The van der Waals surface area contributed by atoms with Crippen molar-refractivity contribution in [3.05, 3.63) is 27.8 Å². The lowest BCUT2D eigenvalue weighted by Gasteiger charge is -2.03. The molecule has 13 heavy (non-hydrogen) atoms. The predicted octanol–water partition coefficient (Wildman–Crippen LogP) is -0.152. The predicted molar refractivity (Wildman–Crippen MR) is 43.6 cm³/mol. The summed E-state index contributed by atoms with van der Waals surface area (Å²) in [6.45, 7) is 1.51. The zero-order valence-electron chi connectivity index (χ0n) is 6.83. The van der Waals surface area contributed by atoms with E-state index in [9.17, 15) is 9.59 Å². The lowest BCUT2D eigenvalue weighted by Crippen LogP contribution is -2.23. The van der Waals surface area contributed by atoms with Crippen LogP contribution in [0.15, 0.2) is 15.3 Å². The van der Waals surface area contributed by atoms with E-state index in [0.717, 1.165) is 0 Å². The minimum Gasteiger partial charge on any atom is -0.427 e. The molecule has 1 heterocycles. The van der Waals surface area contributed by atoms with Gasteiger partial charge in [0.25, 0.3) is 5.91 Å². The Morgan fingerprint density at radius 2 is 2.31 bits per heavy atom. The number of nitrogens with one attached hydrogen (secondary N) is 1. The Hall–Kier alpha value is -1.82. The van der Waals surface area contributed by atoms with E-state index in [0.29, 0.717) is 0 Å². The number of primary amides is 1. The van der Waals surface area contributed by atoms with Crippen LogP contribution in [0.25, 0.3) is 0 Å². The lowest BCUT2D eigenvalue weighted by atomic mass is 10.2. The van der Waals surface area contributed by atoms with Crippen molar-refractivity contribution in [1.82, 2.24) is 0 Å². The van der Waals surface area contributed by atoms with Crippen molar-refractivity contribution in [1.29, 1.82) is 0 Å². The highest BCUT2D eigenvalue weighted by Gasteiger charge is 2.14. The molecule has 4 N–H and O–H groups in total. The van der Waals surface area contributed by atoms with Gasteiger partial charge in [-0.2, -0.15) is 0 Å². The fraction of sp³-hybridized carbons (Fsp3) is 0.143. The van der Waals surface area contributed by atoms with Crippen LogP contribution in [0.1, 0.15) is 16.1 Å². The number of hydrogen-bond donors (Lipinski definition) is 3. The number of anilines is 1. The maximum atomic E-state index is 11.0. The molecule has 1 aromatic heterocycles. The van der Waals surface area contributed by atoms with E-state index >= 15 is 0 Å². The van der Waals surface area contributed by atoms with E-state index in [4.69, 9.17) is 10.9 Å². The van der Waals surface area contributed by atoms with Crippen molar-refractivity contribution in [2.75, 3.05) is 5.48 Å². The molecule has 0 atom stereocenters. The molecule has 1 aromatic rings. The maximum Gasteiger partial charge on any atom is 0.351 e. The van der Waals surface area contributed by atoms with Gasteiger partial charge in [0.15, 0.2) is 0 Å². The average Bonchev–Trinajstić information content (AvgIpc) is 2.01. The summed E-state index contributed by atoms with van der Waals surface area (Å²) in [7, 11) is 0. The summed E-state index contributed by atoms with van der Waals surface area (Å²) in [5.41, 5.74) is 5.27. The third-order valence-corrected chi connectivity index (χ3v) is 1.44. The molecule has 0 aliphatic heterocycles. The fourth-order valence-corrected chi connectivity index (χ4v) is 0.934. The third-order valence-electron chi connectivity index (χ3n) is 1.44. The van der Waals surface area contributed by atoms with E-state index in [1.54, 1.807) is 5.48 Å². The van der Waals surface area contributed by atoms with Crippen LogP contribution in [0, 0.1) is 6.92 Å². The summed E-state index contributed by atoms with van der Waals surface area (Å²) in [5.74, 6) is -0.683. The monoisotopic (exact) mass is 184 g/mol. The van der Waals surface area contributed by atoms with Crippen LogP contribution >= 0.6 is 0 Å². The third kappa shape index (κ3) is 1.67. The number of aryl methyl sites for hydroxylation is 1. The van der Waals surface area contributed by atoms with Gasteiger partial charge in [-0.25, -0.2) is 4.79 Å². The van der Waals surface area contributed by atoms with Crippen molar-refractivity contribution in [2.24, 2.45) is 5.73 Å². The molecule has 0 bridgehead atoms. The quantitative estimate of drug-likeness (QED) is 0.554. The van der Waals surface area contributed by atoms with Gasteiger partial charge in [0.05, 0.1) is 5.69 Å². The van der Waals surface area contributed by atoms with Gasteiger partial charge in [0.2, 0.25) is 0 Å². The standard InChI is InChI=1S/C7H8N2O4/c1-3-2-4(9-12)5(6(8)10)7(11)13-3/h2,9,12H,1H3,(H2,8,10). The molecular formula is C7H8N2O4. The molecule has 0 unspecified atom stereocenters. The highest BCUT2D eigenvalue weighted by atomic mass is 16.5. The van der Waals surface area contributed by atoms with Crippen LogP contribution in [0.2, 0.25) is 0 Å². The highest BCUT2D eigenvalue weighted by Crippen LogP contribution is 2.11. The minimum absolute atomic E-state index is 0.0544. The van der Waals surface area contributed by atoms with Gasteiger partial charge < -0.3 is 10.2 Å². The maximum absolute atomic E-state index is 11.0. The van der Waals surface area contributed by atoms with Crippen LogP contribution < -0.4 is 16.8 Å². The van der Waals surface area contributed by atoms with E-state index < -0.39 is 17.1 Å². The molecule has 0 spiro atoms. The van der Waals surface area contributed by atoms with Crippen molar-refractivity contribution in [3.8, 4) is 0 Å². The molecule has 0 fully saturated rings. The Labute approximate surface area is 72.9 Å². The van der Waals surface area contributed by atoms with Crippen molar-refractivity contribution in [3.63, 3.8) is 0 Å². The topological polar surface area (TPSA) is 106 Å². The molecule has 0 aliphatic carbocycles. The smallest absolute Gasteiger partial charge is 0.351 e. The largest absolute Gasteiger partial charge is 0.427 e. The molecule has 0 aromatic carbocycles. The normalized spacial score (nSPS) is 9.69. The summed E-state index contributed by atoms with van der Waals surface area (Å²) in [6, 6.07) is 1.29. The van der Waals surface area contributed by atoms with Crippen LogP contribution in [-0.2, 0) is 0 Å². The second-order valence-electron chi connectivity index (χ2n) is 2.41. The molecule has 0 saturated heterocycles. The summed E-state index contributed by atoms with van der Waals surface area (Å²) in [6.07, 6.45) is 0. The van der Waals surface area contributed by atoms with Crippen LogP contribution in [0.3, 0.4) is 0 Å². The molecule has 6 nitrogen and oxygen atoms in total. The van der Waals surface area contributed by atoms with E-state index in [2.05, 4.69) is 4.42 Å². The molecule has 0 radical (unpaired) electrons. The molecule has 0 aliphatic rings.